The number of halogens is 4. The van der Waals surface area contributed by atoms with E-state index in [-0.39, 0.29) is 35.1 Å². The van der Waals surface area contributed by atoms with E-state index in [2.05, 4.69) is 30.4 Å². The molecule has 1 saturated heterocycles. The predicted octanol–water partition coefficient (Wildman–Crippen LogP) is 6.55. The van der Waals surface area contributed by atoms with Crippen molar-refractivity contribution < 1.29 is 32.2 Å². The zero-order valence-electron chi connectivity index (χ0n) is 23.8. The topological polar surface area (TPSA) is 123 Å². The Bertz CT molecular complexity index is 1750. The number of amides is 3. The van der Waals surface area contributed by atoms with Gasteiger partial charge in [0.15, 0.2) is 5.17 Å². The zero-order valence-corrected chi connectivity index (χ0v) is 25.3. The first-order chi connectivity index (χ1) is 21.5. The van der Waals surface area contributed by atoms with Gasteiger partial charge in [0.1, 0.15) is 12.1 Å². The average Bonchev–Trinajstić information content (AvgIpc) is 3.59. The highest BCUT2D eigenvalue weighted by molar-refractivity contribution is 8.15. The predicted molar refractivity (Wildman–Crippen MR) is 165 cm³/mol. The first kappa shape index (κ1) is 31.8. The van der Waals surface area contributed by atoms with Crippen LogP contribution in [0.5, 0.6) is 5.75 Å². The average molecular weight is 660 g/mol. The Morgan fingerprint density at radius 2 is 1.87 bits per heavy atom. The van der Waals surface area contributed by atoms with E-state index in [9.17, 15) is 22.8 Å². The first-order valence-electron chi connectivity index (χ1n) is 13.2. The van der Waals surface area contributed by atoms with E-state index in [1.807, 2.05) is 25.1 Å². The van der Waals surface area contributed by atoms with E-state index in [1.54, 1.807) is 25.3 Å². The second-order valence-electron chi connectivity index (χ2n) is 9.62. The zero-order chi connectivity index (χ0) is 32.1. The molecule has 1 aliphatic heterocycles. The molecule has 0 radical (unpaired) electrons. The lowest BCUT2D eigenvalue weighted by Gasteiger charge is -2.20. The number of aryl methyl sites for hydroxylation is 1. The molecule has 0 unspecified atom stereocenters. The summed E-state index contributed by atoms with van der Waals surface area (Å²) in [6.07, 6.45) is -3.38. The smallest absolute Gasteiger partial charge is 0.406 e. The number of alkyl halides is 3. The minimum atomic E-state index is -4.78. The highest BCUT2D eigenvalue weighted by Crippen LogP contribution is 2.31. The van der Waals surface area contributed by atoms with Crippen molar-refractivity contribution in [2.24, 2.45) is 4.99 Å². The number of benzene rings is 3. The van der Waals surface area contributed by atoms with Crippen molar-refractivity contribution in [3.63, 3.8) is 0 Å². The SMILES string of the molecule is COCc1ccc(C)cc1N1C(=O)CSC1=NC(=O)Nc1ccc(CNc2ncn(-c3ccc(OC(F)(F)F)cc3)n2)c(Cl)c1. The molecule has 0 aliphatic carbocycles. The minimum absolute atomic E-state index is 0.149. The molecule has 2 N–H and O–H groups in total. The van der Waals surface area contributed by atoms with Gasteiger partial charge in [0, 0.05) is 29.9 Å². The van der Waals surface area contributed by atoms with Gasteiger partial charge in [-0.25, -0.2) is 14.5 Å². The van der Waals surface area contributed by atoms with Gasteiger partial charge in [0.05, 0.1) is 23.7 Å². The maximum absolute atomic E-state index is 12.8. The van der Waals surface area contributed by atoms with E-state index in [1.165, 1.54) is 51.9 Å². The summed E-state index contributed by atoms with van der Waals surface area (Å²) in [7, 11) is 1.57. The van der Waals surface area contributed by atoms with Gasteiger partial charge >= 0.3 is 12.4 Å². The summed E-state index contributed by atoms with van der Waals surface area (Å²) in [6.45, 7) is 2.44. The van der Waals surface area contributed by atoms with Gasteiger partial charge in [-0.3, -0.25) is 9.69 Å². The summed E-state index contributed by atoms with van der Waals surface area (Å²) < 4.78 is 47.7. The summed E-state index contributed by atoms with van der Waals surface area (Å²) in [5.74, 6) is -0.136. The molecular weight excluding hydrogens is 635 g/mol. The summed E-state index contributed by atoms with van der Waals surface area (Å²) >= 11 is 7.63. The Hall–Kier alpha value is -4.60. The molecule has 0 spiro atoms. The lowest BCUT2D eigenvalue weighted by Crippen LogP contribution is -2.31. The van der Waals surface area contributed by atoms with Crippen LogP contribution >= 0.6 is 23.4 Å². The van der Waals surface area contributed by atoms with Crippen LogP contribution in [0.4, 0.5) is 35.3 Å². The van der Waals surface area contributed by atoms with Crippen LogP contribution < -0.4 is 20.3 Å². The Kier molecular flexibility index (Phi) is 9.60. The number of hydrogen-bond donors (Lipinski definition) is 2. The standard InChI is InChI=1S/C29H25ClF3N7O4S/c1-17-3-4-19(14-43-2)24(11-17)40-25(41)15-45-28(40)37-27(42)36-20-6-5-18(23(30)12-20)13-34-26-35-16-39(38-26)21-7-9-22(10-8-21)44-29(31,32)33/h3-12,16H,13-15H2,1-2H3,(H,34,38)(H,36,42). The van der Waals surface area contributed by atoms with Crippen LogP contribution in [0.25, 0.3) is 5.69 Å². The molecule has 3 aromatic carbocycles. The number of nitrogens with one attached hydrogen (secondary N) is 2. The van der Waals surface area contributed by atoms with Gasteiger partial charge in [-0.15, -0.1) is 18.3 Å². The Morgan fingerprint density at radius 1 is 1.11 bits per heavy atom. The maximum Gasteiger partial charge on any atom is 0.573 e. The van der Waals surface area contributed by atoms with Crippen LogP contribution in [0.15, 0.2) is 72.0 Å². The van der Waals surface area contributed by atoms with Gasteiger partial charge < -0.3 is 20.1 Å². The van der Waals surface area contributed by atoms with Gasteiger partial charge in [-0.2, -0.15) is 4.99 Å². The highest BCUT2D eigenvalue weighted by atomic mass is 35.5. The van der Waals surface area contributed by atoms with E-state index < -0.39 is 12.4 Å². The molecule has 0 atom stereocenters. The number of aromatic nitrogens is 3. The number of urea groups is 1. The largest absolute Gasteiger partial charge is 0.573 e. The maximum atomic E-state index is 12.8. The van der Waals surface area contributed by atoms with Gasteiger partial charge in [-0.05, 0) is 60.5 Å². The third kappa shape index (κ3) is 8.12. The van der Waals surface area contributed by atoms with Crippen LogP contribution in [-0.2, 0) is 22.7 Å². The Balaban J connectivity index is 1.21. The summed E-state index contributed by atoms with van der Waals surface area (Å²) in [5.41, 5.74) is 3.91. The number of ether oxygens (including phenoxy) is 2. The number of hydrogen-bond acceptors (Lipinski definition) is 8. The van der Waals surface area contributed by atoms with Crippen molar-refractivity contribution in [1.29, 1.82) is 0 Å². The van der Waals surface area contributed by atoms with Crippen molar-refractivity contribution >= 4 is 57.8 Å². The van der Waals surface area contributed by atoms with Crippen LogP contribution in [-0.4, -0.2) is 51.1 Å². The van der Waals surface area contributed by atoms with Crippen molar-refractivity contribution in [2.75, 3.05) is 28.4 Å². The Labute approximate surface area is 264 Å². The van der Waals surface area contributed by atoms with Crippen molar-refractivity contribution in [3.8, 4) is 11.4 Å². The summed E-state index contributed by atoms with van der Waals surface area (Å²) in [4.78, 5) is 35.3. The fraction of sp³-hybridized carbons (Fsp3) is 0.207. The van der Waals surface area contributed by atoms with Crippen LogP contribution in [0.2, 0.25) is 5.02 Å². The molecule has 45 heavy (non-hydrogen) atoms. The molecule has 4 aromatic rings. The van der Waals surface area contributed by atoms with E-state index in [0.29, 0.717) is 34.3 Å². The van der Waals surface area contributed by atoms with Crippen molar-refractivity contribution in [2.45, 2.75) is 26.4 Å². The molecule has 1 fully saturated rings. The van der Waals surface area contributed by atoms with Gasteiger partial charge in [0.25, 0.3) is 0 Å². The third-order valence-corrected chi connectivity index (χ3v) is 7.59. The molecule has 3 amide bonds. The number of methoxy groups -OCH3 is 1. The lowest BCUT2D eigenvalue weighted by molar-refractivity contribution is -0.274. The fourth-order valence-corrected chi connectivity index (χ4v) is 5.40. The number of nitrogens with zero attached hydrogens (tertiary/aromatic N) is 5. The monoisotopic (exact) mass is 659 g/mol. The summed E-state index contributed by atoms with van der Waals surface area (Å²) in [5, 5.41) is 10.6. The minimum Gasteiger partial charge on any atom is -0.406 e. The quantitative estimate of drug-likeness (QED) is 0.207. The van der Waals surface area contributed by atoms with E-state index >= 15 is 0 Å². The highest BCUT2D eigenvalue weighted by Gasteiger charge is 2.32. The fourth-order valence-electron chi connectivity index (χ4n) is 4.29. The molecule has 0 saturated carbocycles. The Morgan fingerprint density at radius 3 is 2.58 bits per heavy atom. The van der Waals surface area contributed by atoms with Crippen molar-refractivity contribution in [3.05, 3.63) is 88.7 Å². The number of rotatable bonds is 9. The van der Waals surface area contributed by atoms with Crippen LogP contribution in [0.3, 0.4) is 0 Å². The molecule has 5 rings (SSSR count). The van der Waals surface area contributed by atoms with Gasteiger partial charge in [0.2, 0.25) is 11.9 Å². The van der Waals surface area contributed by atoms with E-state index in [0.717, 1.165) is 11.1 Å². The third-order valence-electron chi connectivity index (χ3n) is 6.31. The second-order valence-corrected chi connectivity index (χ2v) is 11.0. The number of carbonyl (C=O) groups is 2. The number of carbonyl (C=O) groups excluding carboxylic acids is 2. The van der Waals surface area contributed by atoms with Crippen LogP contribution in [0, 0.1) is 6.92 Å². The number of aliphatic imine (C=N–C) groups is 1. The number of anilines is 3. The lowest BCUT2D eigenvalue weighted by atomic mass is 10.1. The summed E-state index contributed by atoms with van der Waals surface area (Å²) in [6, 6.07) is 15.1. The molecule has 2 heterocycles. The first-order valence-corrected chi connectivity index (χ1v) is 14.6. The molecule has 234 valence electrons. The van der Waals surface area contributed by atoms with Gasteiger partial charge in [-0.1, -0.05) is 41.6 Å². The van der Waals surface area contributed by atoms with Crippen molar-refractivity contribution in [1.82, 2.24) is 14.8 Å². The molecule has 0 bridgehead atoms. The normalized spacial score (nSPS) is 14.2. The molecule has 11 nitrogen and oxygen atoms in total. The number of thioether (sulfide) groups is 1. The van der Waals surface area contributed by atoms with Crippen LogP contribution in [0.1, 0.15) is 16.7 Å². The van der Waals surface area contributed by atoms with E-state index in [4.69, 9.17) is 16.3 Å². The molecular formula is C29H25ClF3N7O4S. The second kappa shape index (κ2) is 13.6. The number of amidine groups is 1. The molecule has 1 aliphatic rings. The molecule has 16 heteroatoms. The molecule has 1 aromatic heterocycles.